The molecule has 1 N–H and O–H groups in total. The molecule has 17 heavy (non-hydrogen) atoms. The van der Waals surface area contributed by atoms with Crippen molar-refractivity contribution < 1.29 is 9.84 Å². The molecule has 0 aromatic carbocycles. The fraction of sp³-hybridized carbons (Fsp3) is 1.00. The Kier molecular flexibility index (Phi) is 12.3. The van der Waals surface area contributed by atoms with Crippen LogP contribution in [-0.2, 0) is 4.74 Å². The maximum Gasteiger partial charge on any atom is 0.0697 e. The lowest BCUT2D eigenvalue weighted by molar-refractivity contribution is 0.0893. The minimum Gasteiger partial charge on any atom is -0.394 e. The van der Waals surface area contributed by atoms with E-state index in [-0.39, 0.29) is 6.61 Å². The zero-order valence-corrected chi connectivity index (χ0v) is 12.1. The first-order valence-corrected chi connectivity index (χ1v) is 7.39. The van der Waals surface area contributed by atoms with E-state index in [1.54, 1.807) is 0 Å². The normalized spacial score (nSPS) is 14.8. The Labute approximate surface area is 108 Å². The monoisotopic (exact) mass is 244 g/mol. The minimum atomic E-state index is 0.145. The fourth-order valence-electron chi connectivity index (χ4n) is 2.46. The molecular weight excluding hydrogens is 212 g/mol. The molecule has 0 saturated carbocycles. The van der Waals surface area contributed by atoms with Gasteiger partial charge < -0.3 is 9.84 Å². The Bertz CT molecular complexity index is 148. The Morgan fingerprint density at radius 1 is 0.941 bits per heavy atom. The second-order valence-corrected chi connectivity index (χ2v) is 5.42. The first-order chi connectivity index (χ1) is 8.20. The van der Waals surface area contributed by atoms with E-state index in [4.69, 9.17) is 9.84 Å². The second-order valence-electron chi connectivity index (χ2n) is 5.42. The molecule has 0 aromatic heterocycles. The van der Waals surface area contributed by atoms with Gasteiger partial charge in [-0.25, -0.2) is 0 Å². The lowest BCUT2D eigenvalue weighted by atomic mass is 9.90. The average molecular weight is 244 g/mol. The van der Waals surface area contributed by atoms with Gasteiger partial charge in [0.1, 0.15) is 0 Å². The van der Waals surface area contributed by atoms with Crippen molar-refractivity contribution in [3.05, 3.63) is 0 Å². The third-order valence-electron chi connectivity index (χ3n) is 3.31. The van der Waals surface area contributed by atoms with Gasteiger partial charge in [0, 0.05) is 6.61 Å². The number of unbranched alkanes of at least 4 members (excludes halogenated alkanes) is 2. The fourth-order valence-corrected chi connectivity index (χ4v) is 2.46. The number of ether oxygens (including phenoxy) is 1. The minimum absolute atomic E-state index is 0.145. The van der Waals surface area contributed by atoms with Gasteiger partial charge in [0.05, 0.1) is 13.2 Å². The molecule has 2 unspecified atom stereocenters. The lowest BCUT2D eigenvalue weighted by Gasteiger charge is -2.16. The molecule has 0 aliphatic carbocycles. The first kappa shape index (κ1) is 16.9. The molecular formula is C15H32O2. The van der Waals surface area contributed by atoms with Gasteiger partial charge in [-0.1, -0.05) is 52.9 Å². The number of aliphatic hydroxyl groups is 1. The molecule has 2 atom stereocenters. The number of aliphatic hydroxyl groups excluding tert-OH is 1. The lowest BCUT2D eigenvalue weighted by Crippen LogP contribution is -2.04. The summed E-state index contributed by atoms with van der Waals surface area (Å²) in [6, 6.07) is 0. The first-order valence-electron chi connectivity index (χ1n) is 7.39. The van der Waals surface area contributed by atoms with E-state index in [2.05, 4.69) is 20.8 Å². The third-order valence-corrected chi connectivity index (χ3v) is 3.31. The molecule has 0 aliphatic heterocycles. The summed E-state index contributed by atoms with van der Waals surface area (Å²) in [7, 11) is 0. The highest BCUT2D eigenvalue weighted by Crippen LogP contribution is 2.21. The summed E-state index contributed by atoms with van der Waals surface area (Å²) in [5.74, 6) is 1.76. The van der Waals surface area contributed by atoms with Gasteiger partial charge in [0.2, 0.25) is 0 Å². The second kappa shape index (κ2) is 12.4. The maximum absolute atomic E-state index is 8.54. The molecule has 0 bridgehead atoms. The summed E-state index contributed by atoms with van der Waals surface area (Å²) in [4.78, 5) is 0. The third kappa shape index (κ3) is 12.2. The van der Waals surface area contributed by atoms with Crippen molar-refractivity contribution in [2.45, 2.75) is 65.7 Å². The van der Waals surface area contributed by atoms with Crippen LogP contribution < -0.4 is 0 Å². The molecule has 2 heteroatoms. The smallest absolute Gasteiger partial charge is 0.0697 e. The van der Waals surface area contributed by atoms with Crippen LogP contribution in [0.1, 0.15) is 65.7 Å². The van der Waals surface area contributed by atoms with Gasteiger partial charge in [-0.05, 0) is 24.7 Å². The standard InChI is InChI=1S/C15H32O2/c1-4-8-14(2)13-15(3)9-6-5-7-11-17-12-10-16/h14-16H,4-13H2,1-3H3. The van der Waals surface area contributed by atoms with Crippen LogP contribution in [0.5, 0.6) is 0 Å². The summed E-state index contributed by atoms with van der Waals surface area (Å²) in [6.45, 7) is 8.48. The Hall–Kier alpha value is -0.0800. The van der Waals surface area contributed by atoms with Crippen molar-refractivity contribution in [1.82, 2.24) is 0 Å². The van der Waals surface area contributed by atoms with E-state index in [0.29, 0.717) is 6.61 Å². The quantitative estimate of drug-likeness (QED) is 0.525. The van der Waals surface area contributed by atoms with Gasteiger partial charge in [0.25, 0.3) is 0 Å². The van der Waals surface area contributed by atoms with E-state index in [9.17, 15) is 0 Å². The van der Waals surface area contributed by atoms with Gasteiger partial charge in [-0.2, -0.15) is 0 Å². The van der Waals surface area contributed by atoms with Gasteiger partial charge in [-0.3, -0.25) is 0 Å². The van der Waals surface area contributed by atoms with Crippen molar-refractivity contribution in [2.24, 2.45) is 11.8 Å². The summed E-state index contributed by atoms with van der Waals surface area (Å²) in [5, 5.41) is 8.54. The van der Waals surface area contributed by atoms with Crippen molar-refractivity contribution in [3.63, 3.8) is 0 Å². The van der Waals surface area contributed by atoms with Crippen molar-refractivity contribution in [3.8, 4) is 0 Å². The molecule has 0 saturated heterocycles. The van der Waals surface area contributed by atoms with Gasteiger partial charge in [-0.15, -0.1) is 0 Å². The molecule has 0 rings (SSSR count). The largest absolute Gasteiger partial charge is 0.394 e. The van der Waals surface area contributed by atoms with E-state index in [1.807, 2.05) is 0 Å². The van der Waals surface area contributed by atoms with E-state index < -0.39 is 0 Å². The summed E-state index contributed by atoms with van der Waals surface area (Å²) < 4.78 is 5.24. The van der Waals surface area contributed by atoms with E-state index in [0.717, 1.165) is 24.9 Å². The Morgan fingerprint density at radius 2 is 1.65 bits per heavy atom. The predicted octanol–water partition coefficient (Wildman–Crippen LogP) is 4.02. The van der Waals surface area contributed by atoms with E-state index >= 15 is 0 Å². The predicted molar refractivity (Wildman–Crippen MR) is 74.2 cm³/mol. The van der Waals surface area contributed by atoms with Crippen LogP contribution in [-0.4, -0.2) is 24.9 Å². The topological polar surface area (TPSA) is 29.5 Å². The zero-order chi connectivity index (χ0) is 12.9. The molecule has 0 fully saturated rings. The molecule has 0 radical (unpaired) electrons. The van der Waals surface area contributed by atoms with Crippen LogP contribution in [0.3, 0.4) is 0 Å². The SMILES string of the molecule is CCCC(C)CC(C)CCCCCOCCO. The molecule has 0 spiro atoms. The Morgan fingerprint density at radius 3 is 2.29 bits per heavy atom. The number of hydrogen-bond donors (Lipinski definition) is 1. The highest BCUT2D eigenvalue weighted by molar-refractivity contribution is 4.60. The van der Waals surface area contributed by atoms with Crippen molar-refractivity contribution in [1.29, 1.82) is 0 Å². The zero-order valence-electron chi connectivity index (χ0n) is 12.1. The molecule has 0 amide bonds. The van der Waals surface area contributed by atoms with Crippen LogP contribution in [0.25, 0.3) is 0 Å². The molecule has 0 aromatic rings. The van der Waals surface area contributed by atoms with Crippen LogP contribution >= 0.6 is 0 Å². The molecule has 104 valence electrons. The highest BCUT2D eigenvalue weighted by atomic mass is 16.5. The van der Waals surface area contributed by atoms with Crippen LogP contribution in [0.15, 0.2) is 0 Å². The van der Waals surface area contributed by atoms with Crippen molar-refractivity contribution in [2.75, 3.05) is 19.8 Å². The van der Waals surface area contributed by atoms with Crippen LogP contribution in [0.4, 0.5) is 0 Å². The maximum atomic E-state index is 8.54. The summed E-state index contributed by atoms with van der Waals surface area (Å²) in [6.07, 6.45) is 9.15. The highest BCUT2D eigenvalue weighted by Gasteiger charge is 2.07. The molecule has 0 heterocycles. The number of rotatable bonds is 12. The van der Waals surface area contributed by atoms with E-state index in [1.165, 1.54) is 38.5 Å². The molecule has 2 nitrogen and oxygen atoms in total. The van der Waals surface area contributed by atoms with Crippen LogP contribution in [0, 0.1) is 11.8 Å². The van der Waals surface area contributed by atoms with Gasteiger partial charge in [0.15, 0.2) is 0 Å². The average Bonchev–Trinajstić information content (AvgIpc) is 2.28. The summed E-state index contributed by atoms with van der Waals surface area (Å²) in [5.41, 5.74) is 0. The molecule has 0 aliphatic rings. The van der Waals surface area contributed by atoms with Gasteiger partial charge >= 0.3 is 0 Å². The van der Waals surface area contributed by atoms with Crippen LogP contribution in [0.2, 0.25) is 0 Å². The van der Waals surface area contributed by atoms with Crippen molar-refractivity contribution >= 4 is 0 Å². The summed E-state index contributed by atoms with van der Waals surface area (Å²) >= 11 is 0. The number of hydrogen-bond acceptors (Lipinski definition) is 2. The Balaban J connectivity index is 3.24.